The Labute approximate surface area is 134 Å². The Balaban J connectivity index is 1.98. The van der Waals surface area contributed by atoms with Crippen molar-refractivity contribution < 1.29 is 5.11 Å². The third kappa shape index (κ3) is 3.31. The predicted octanol–water partition coefficient (Wildman–Crippen LogP) is 0.809. The molecule has 4 N–H and O–H groups in total. The summed E-state index contributed by atoms with van der Waals surface area (Å²) in [4.78, 5) is 13.1. The van der Waals surface area contributed by atoms with Crippen LogP contribution in [0.2, 0.25) is 0 Å². The van der Waals surface area contributed by atoms with Gasteiger partial charge in [-0.05, 0) is 32.9 Å². The molecule has 0 spiro atoms. The Kier molecular flexibility index (Phi) is 4.23. The Morgan fingerprint density at radius 1 is 1.43 bits per heavy atom. The molecular weight excluding hydrogens is 294 g/mol. The molecule has 1 saturated heterocycles. The summed E-state index contributed by atoms with van der Waals surface area (Å²) in [6.45, 7) is 4.74. The van der Waals surface area contributed by atoms with Crippen LogP contribution in [0, 0.1) is 11.3 Å². The summed E-state index contributed by atoms with van der Waals surface area (Å²) in [5.41, 5.74) is 0.969. The highest BCUT2D eigenvalue weighted by atomic mass is 16.3. The average Bonchev–Trinajstić information content (AvgIpc) is 2.92. The lowest BCUT2D eigenvalue weighted by Crippen LogP contribution is -2.35. The van der Waals surface area contributed by atoms with Crippen LogP contribution in [0.4, 0.5) is 11.8 Å². The summed E-state index contributed by atoms with van der Waals surface area (Å²) < 4.78 is 0. The van der Waals surface area contributed by atoms with Crippen LogP contribution in [0.25, 0.3) is 10.9 Å². The third-order valence-corrected chi connectivity index (χ3v) is 3.61. The van der Waals surface area contributed by atoms with E-state index in [4.69, 9.17) is 5.26 Å². The van der Waals surface area contributed by atoms with Gasteiger partial charge < -0.3 is 15.7 Å². The summed E-state index contributed by atoms with van der Waals surface area (Å²) >= 11 is 0. The number of nitriles is 1. The highest BCUT2D eigenvalue weighted by molar-refractivity contribution is 5.89. The minimum absolute atomic E-state index is 0.125. The normalized spacial score (nSPS) is 20.7. The first kappa shape index (κ1) is 15.4. The van der Waals surface area contributed by atoms with Crippen molar-refractivity contribution in [2.45, 2.75) is 38.6 Å². The van der Waals surface area contributed by atoms with Crippen LogP contribution in [0.5, 0.6) is 0 Å². The summed E-state index contributed by atoms with van der Waals surface area (Å²) in [5.74, 6) is 0.994. The molecule has 0 aliphatic carbocycles. The molecule has 1 unspecified atom stereocenters. The van der Waals surface area contributed by atoms with Crippen molar-refractivity contribution in [1.29, 1.82) is 5.26 Å². The molecule has 0 saturated carbocycles. The highest BCUT2D eigenvalue weighted by Gasteiger charge is 2.25. The van der Waals surface area contributed by atoms with Crippen molar-refractivity contribution in [3.8, 4) is 6.07 Å². The van der Waals surface area contributed by atoms with Gasteiger partial charge in [-0.1, -0.05) is 0 Å². The molecule has 0 bridgehead atoms. The van der Waals surface area contributed by atoms with Gasteiger partial charge in [0.25, 0.3) is 0 Å². The van der Waals surface area contributed by atoms with Gasteiger partial charge in [0.05, 0.1) is 6.04 Å². The van der Waals surface area contributed by atoms with Crippen LogP contribution >= 0.6 is 0 Å². The molecule has 3 heterocycles. The highest BCUT2D eigenvalue weighted by Crippen LogP contribution is 2.22. The van der Waals surface area contributed by atoms with E-state index >= 15 is 0 Å². The number of pyridine rings is 1. The van der Waals surface area contributed by atoms with Gasteiger partial charge in [0.2, 0.25) is 5.95 Å². The minimum atomic E-state index is -0.610. The molecule has 8 nitrogen and oxygen atoms in total. The standard InChI is InChI=1S/C15H19N7O/c1-8(2)19-13-12-9(5-10(6-16)20-13)7-18-15(22-12)21-11-3-4-17-14(11)23/h5,7-8,11,14,17,23H,3-4H2,1-2H3,(H,19,20)(H,18,21,22)/t11-,14?/m0/s1. The Hall–Kier alpha value is -2.50. The van der Waals surface area contributed by atoms with E-state index in [9.17, 15) is 5.11 Å². The number of nitrogens with zero attached hydrogens (tertiary/aromatic N) is 4. The van der Waals surface area contributed by atoms with Gasteiger partial charge in [-0.3, -0.25) is 5.32 Å². The van der Waals surface area contributed by atoms with Crippen LogP contribution in [0.1, 0.15) is 26.0 Å². The van der Waals surface area contributed by atoms with Gasteiger partial charge in [0.15, 0.2) is 5.82 Å². The summed E-state index contributed by atoms with van der Waals surface area (Å²) in [5, 5.41) is 29.0. The quantitative estimate of drug-likeness (QED) is 0.655. The third-order valence-electron chi connectivity index (χ3n) is 3.61. The molecule has 2 aromatic rings. The van der Waals surface area contributed by atoms with E-state index in [-0.39, 0.29) is 12.1 Å². The predicted molar refractivity (Wildman–Crippen MR) is 86.8 cm³/mol. The fourth-order valence-corrected chi connectivity index (χ4v) is 2.54. The summed E-state index contributed by atoms with van der Waals surface area (Å²) in [6, 6.07) is 3.75. The van der Waals surface area contributed by atoms with Crippen LogP contribution in [0.15, 0.2) is 12.3 Å². The number of nitrogens with one attached hydrogen (secondary N) is 3. The summed E-state index contributed by atoms with van der Waals surface area (Å²) in [6.07, 6.45) is 1.85. The molecule has 1 aliphatic rings. The zero-order chi connectivity index (χ0) is 16.4. The lowest BCUT2D eigenvalue weighted by atomic mass is 10.2. The number of fused-ring (bicyclic) bond motifs is 1. The van der Waals surface area contributed by atoms with Crippen molar-refractivity contribution in [2.75, 3.05) is 17.2 Å². The maximum absolute atomic E-state index is 9.82. The Morgan fingerprint density at radius 2 is 2.26 bits per heavy atom. The van der Waals surface area contributed by atoms with Gasteiger partial charge >= 0.3 is 0 Å². The van der Waals surface area contributed by atoms with Gasteiger partial charge in [-0.25, -0.2) is 15.0 Å². The second-order valence-corrected chi connectivity index (χ2v) is 5.84. The van der Waals surface area contributed by atoms with E-state index in [0.29, 0.717) is 23.0 Å². The molecule has 0 amide bonds. The van der Waals surface area contributed by atoms with E-state index in [2.05, 4.69) is 30.9 Å². The lowest BCUT2D eigenvalue weighted by molar-refractivity contribution is 0.149. The molecule has 3 rings (SSSR count). The van der Waals surface area contributed by atoms with Gasteiger partial charge in [-0.2, -0.15) is 5.26 Å². The number of aliphatic hydroxyl groups is 1. The Bertz CT molecular complexity index is 755. The number of aliphatic hydroxyl groups excluding tert-OH is 1. The monoisotopic (exact) mass is 313 g/mol. The lowest BCUT2D eigenvalue weighted by Gasteiger charge is -2.17. The number of aromatic nitrogens is 3. The molecule has 1 fully saturated rings. The fraction of sp³-hybridized carbons (Fsp3) is 0.467. The first-order valence-electron chi connectivity index (χ1n) is 7.59. The second kappa shape index (κ2) is 6.32. The van der Waals surface area contributed by atoms with Gasteiger partial charge in [-0.15, -0.1) is 0 Å². The van der Waals surface area contributed by atoms with E-state index in [0.717, 1.165) is 18.4 Å². The molecular formula is C15H19N7O. The van der Waals surface area contributed by atoms with Crippen molar-refractivity contribution in [2.24, 2.45) is 0 Å². The second-order valence-electron chi connectivity index (χ2n) is 5.84. The topological polar surface area (TPSA) is 119 Å². The molecule has 0 aromatic carbocycles. The molecule has 23 heavy (non-hydrogen) atoms. The van der Waals surface area contributed by atoms with Crippen molar-refractivity contribution >= 4 is 22.7 Å². The molecule has 120 valence electrons. The molecule has 0 radical (unpaired) electrons. The average molecular weight is 313 g/mol. The maximum atomic E-state index is 9.82. The minimum Gasteiger partial charge on any atom is -0.376 e. The SMILES string of the molecule is CC(C)Nc1nc(C#N)cc2cnc(N[C@H]3CCNC3O)nc12. The van der Waals surface area contributed by atoms with Crippen molar-refractivity contribution in [3.63, 3.8) is 0 Å². The van der Waals surface area contributed by atoms with E-state index in [1.165, 1.54) is 0 Å². The maximum Gasteiger partial charge on any atom is 0.223 e. The van der Waals surface area contributed by atoms with E-state index in [1.54, 1.807) is 12.3 Å². The van der Waals surface area contributed by atoms with Crippen molar-refractivity contribution in [3.05, 3.63) is 18.0 Å². The van der Waals surface area contributed by atoms with Gasteiger partial charge in [0, 0.05) is 17.6 Å². The number of hydrogen-bond donors (Lipinski definition) is 4. The largest absolute Gasteiger partial charge is 0.376 e. The van der Waals surface area contributed by atoms with Crippen LogP contribution in [-0.4, -0.2) is 44.9 Å². The first-order valence-corrected chi connectivity index (χ1v) is 7.59. The van der Waals surface area contributed by atoms with Gasteiger partial charge in [0.1, 0.15) is 23.5 Å². The number of rotatable bonds is 4. The molecule has 2 atom stereocenters. The van der Waals surface area contributed by atoms with E-state index < -0.39 is 6.23 Å². The van der Waals surface area contributed by atoms with Crippen LogP contribution < -0.4 is 16.0 Å². The number of anilines is 2. The molecule has 1 aliphatic heterocycles. The molecule has 2 aromatic heterocycles. The van der Waals surface area contributed by atoms with Crippen LogP contribution in [0.3, 0.4) is 0 Å². The number of hydrogen-bond acceptors (Lipinski definition) is 8. The smallest absolute Gasteiger partial charge is 0.223 e. The van der Waals surface area contributed by atoms with E-state index in [1.807, 2.05) is 19.9 Å². The fourth-order valence-electron chi connectivity index (χ4n) is 2.54. The zero-order valence-electron chi connectivity index (χ0n) is 13.0. The zero-order valence-corrected chi connectivity index (χ0v) is 13.0. The van der Waals surface area contributed by atoms with Crippen LogP contribution in [-0.2, 0) is 0 Å². The molecule has 8 heteroatoms. The summed E-state index contributed by atoms with van der Waals surface area (Å²) in [7, 11) is 0. The van der Waals surface area contributed by atoms with Crippen molar-refractivity contribution in [1.82, 2.24) is 20.3 Å². The first-order chi connectivity index (χ1) is 11.1. The Morgan fingerprint density at radius 3 is 2.91 bits per heavy atom.